The van der Waals surface area contributed by atoms with Crippen LogP contribution in [0.3, 0.4) is 0 Å². The van der Waals surface area contributed by atoms with Crippen LogP contribution in [0.5, 0.6) is 0 Å². The molecule has 0 fully saturated rings. The summed E-state index contributed by atoms with van der Waals surface area (Å²) >= 11 is 0. The molecule has 2 aromatic heterocycles. The summed E-state index contributed by atoms with van der Waals surface area (Å²) in [4.78, 5) is 9.19. The van der Waals surface area contributed by atoms with Gasteiger partial charge in [-0.2, -0.15) is 0 Å². The number of hydrogen-bond acceptors (Lipinski definition) is 3. The number of aromatic nitrogens is 3. The Morgan fingerprint density at radius 2 is 1.68 bits per heavy atom. The first-order chi connectivity index (χ1) is 15.0. The largest absolute Gasteiger partial charge is 0.399 e. The molecule has 6 heteroatoms. The molecule has 31 heavy (non-hydrogen) atoms. The van der Waals surface area contributed by atoms with Crippen molar-refractivity contribution in [2.24, 2.45) is 0 Å². The topological polar surface area (TPSA) is 56.7 Å². The zero-order valence-corrected chi connectivity index (χ0v) is 17.8. The van der Waals surface area contributed by atoms with Crippen molar-refractivity contribution in [1.29, 1.82) is 0 Å². The molecule has 4 aromatic rings. The van der Waals surface area contributed by atoms with E-state index in [1.54, 1.807) is 6.33 Å². The van der Waals surface area contributed by atoms with Gasteiger partial charge in [0.25, 0.3) is 0 Å². The average Bonchev–Trinajstić information content (AvgIpc) is 3.10. The van der Waals surface area contributed by atoms with Crippen molar-refractivity contribution in [3.05, 3.63) is 77.8 Å². The fraction of sp³-hybridized carbons (Fsp3) is 0.280. The van der Waals surface area contributed by atoms with Crippen molar-refractivity contribution in [2.75, 3.05) is 5.73 Å². The van der Waals surface area contributed by atoms with Gasteiger partial charge in [-0.05, 0) is 54.3 Å². The van der Waals surface area contributed by atoms with Gasteiger partial charge in [-0.1, -0.05) is 32.4 Å². The van der Waals surface area contributed by atoms with Crippen molar-refractivity contribution in [1.82, 2.24) is 14.5 Å². The summed E-state index contributed by atoms with van der Waals surface area (Å²) in [5.41, 5.74) is 10.7. The molecular formula is C25H26F2N4. The normalized spacial score (nSPS) is 12.4. The lowest BCUT2D eigenvalue weighted by molar-refractivity contribution is 0.578. The summed E-state index contributed by atoms with van der Waals surface area (Å²) in [6, 6.07) is 13.3. The number of nitrogens with two attached hydrogens (primary N) is 1. The van der Waals surface area contributed by atoms with Crippen LogP contribution >= 0.6 is 0 Å². The van der Waals surface area contributed by atoms with Gasteiger partial charge in [0.2, 0.25) is 0 Å². The first kappa shape index (κ1) is 21.0. The SMILES string of the molecule is CCCC(CC)c1ncnc2c1cc(-c1ccc(N)cc1)n2Cc1cc(F)cc(F)c1. The minimum absolute atomic E-state index is 0.291. The average molecular weight is 421 g/mol. The molecule has 4 nitrogen and oxygen atoms in total. The Morgan fingerprint density at radius 1 is 0.968 bits per heavy atom. The number of nitrogens with zero attached hydrogens (tertiary/aromatic N) is 3. The van der Waals surface area contributed by atoms with Crippen LogP contribution in [0.15, 0.2) is 54.9 Å². The predicted molar refractivity (Wildman–Crippen MR) is 121 cm³/mol. The first-order valence-electron chi connectivity index (χ1n) is 10.6. The highest BCUT2D eigenvalue weighted by Gasteiger charge is 2.20. The Kier molecular flexibility index (Phi) is 5.98. The fourth-order valence-corrected chi connectivity index (χ4v) is 4.23. The molecule has 160 valence electrons. The second-order valence-electron chi connectivity index (χ2n) is 7.91. The van der Waals surface area contributed by atoms with Gasteiger partial charge in [-0.15, -0.1) is 0 Å². The molecule has 2 aromatic carbocycles. The van der Waals surface area contributed by atoms with Gasteiger partial charge in [0.05, 0.1) is 11.4 Å². The van der Waals surface area contributed by atoms with Crippen molar-refractivity contribution in [3.8, 4) is 11.3 Å². The lowest BCUT2D eigenvalue weighted by Crippen LogP contribution is -2.06. The number of halogens is 2. The van der Waals surface area contributed by atoms with Crippen LogP contribution in [0.25, 0.3) is 22.3 Å². The maximum atomic E-state index is 13.9. The lowest BCUT2D eigenvalue weighted by atomic mass is 9.95. The van der Waals surface area contributed by atoms with E-state index in [0.29, 0.717) is 23.7 Å². The Balaban J connectivity index is 1.92. The van der Waals surface area contributed by atoms with Gasteiger partial charge in [-0.25, -0.2) is 18.7 Å². The Hall–Kier alpha value is -3.28. The summed E-state index contributed by atoms with van der Waals surface area (Å²) in [5.74, 6) is -0.855. The van der Waals surface area contributed by atoms with Gasteiger partial charge in [-0.3, -0.25) is 0 Å². The molecular weight excluding hydrogens is 394 g/mol. The van der Waals surface area contributed by atoms with Gasteiger partial charge in [0.15, 0.2) is 0 Å². The van der Waals surface area contributed by atoms with Gasteiger partial charge >= 0.3 is 0 Å². The molecule has 4 rings (SSSR count). The summed E-state index contributed by atoms with van der Waals surface area (Å²) in [7, 11) is 0. The molecule has 0 spiro atoms. The number of anilines is 1. The number of nitrogen functional groups attached to an aromatic ring is 1. The van der Waals surface area contributed by atoms with E-state index in [2.05, 4.69) is 29.9 Å². The second-order valence-corrected chi connectivity index (χ2v) is 7.91. The van der Waals surface area contributed by atoms with E-state index in [0.717, 1.165) is 53.3 Å². The standard InChI is InChI=1S/C25H26F2N4/c1-3-5-17(4-2)24-22-13-23(18-6-8-21(28)9-7-18)31(25(22)30-15-29-24)14-16-10-19(26)12-20(27)11-16/h6-13,15,17H,3-5,14,28H2,1-2H3. The number of rotatable bonds is 7. The molecule has 0 amide bonds. The smallest absolute Gasteiger partial charge is 0.144 e. The molecule has 0 bridgehead atoms. The molecule has 2 N–H and O–H groups in total. The van der Waals surface area contributed by atoms with Crippen LogP contribution in [-0.2, 0) is 6.54 Å². The van der Waals surface area contributed by atoms with Crippen molar-refractivity contribution in [3.63, 3.8) is 0 Å². The molecule has 0 aliphatic rings. The Morgan fingerprint density at radius 3 is 2.32 bits per heavy atom. The van der Waals surface area contributed by atoms with Gasteiger partial charge < -0.3 is 10.3 Å². The van der Waals surface area contributed by atoms with E-state index in [1.807, 2.05) is 28.8 Å². The molecule has 2 heterocycles. The van der Waals surface area contributed by atoms with Gasteiger partial charge in [0, 0.05) is 29.6 Å². The highest BCUT2D eigenvalue weighted by Crippen LogP contribution is 2.34. The predicted octanol–water partition coefficient (Wildman–Crippen LogP) is 6.30. The quantitative estimate of drug-likeness (QED) is 0.357. The zero-order chi connectivity index (χ0) is 22.0. The van der Waals surface area contributed by atoms with Crippen LogP contribution in [-0.4, -0.2) is 14.5 Å². The maximum absolute atomic E-state index is 13.9. The van der Waals surface area contributed by atoms with E-state index in [-0.39, 0.29) is 0 Å². The summed E-state index contributed by atoms with van der Waals surface area (Å²) in [6.45, 7) is 4.63. The van der Waals surface area contributed by atoms with Gasteiger partial charge in [0.1, 0.15) is 23.6 Å². The highest BCUT2D eigenvalue weighted by molar-refractivity contribution is 5.86. The van der Waals surface area contributed by atoms with E-state index < -0.39 is 11.6 Å². The minimum Gasteiger partial charge on any atom is -0.399 e. The van der Waals surface area contributed by atoms with Crippen LogP contribution in [0, 0.1) is 11.6 Å². The lowest BCUT2D eigenvalue weighted by Gasteiger charge is -2.14. The van der Waals surface area contributed by atoms with Crippen LogP contribution in [0.2, 0.25) is 0 Å². The van der Waals surface area contributed by atoms with E-state index in [1.165, 1.54) is 12.1 Å². The molecule has 0 aliphatic heterocycles. The molecule has 1 unspecified atom stereocenters. The van der Waals surface area contributed by atoms with Crippen LogP contribution in [0.4, 0.5) is 14.5 Å². The van der Waals surface area contributed by atoms with Crippen molar-refractivity contribution < 1.29 is 8.78 Å². The monoisotopic (exact) mass is 420 g/mol. The first-order valence-corrected chi connectivity index (χ1v) is 10.6. The minimum atomic E-state index is -0.593. The van der Waals surface area contributed by atoms with Crippen molar-refractivity contribution in [2.45, 2.75) is 45.6 Å². The number of hydrogen-bond donors (Lipinski definition) is 1. The maximum Gasteiger partial charge on any atom is 0.144 e. The highest BCUT2D eigenvalue weighted by atomic mass is 19.1. The molecule has 0 saturated carbocycles. The second kappa shape index (κ2) is 8.84. The van der Waals surface area contributed by atoms with E-state index in [4.69, 9.17) is 5.73 Å². The fourth-order valence-electron chi connectivity index (χ4n) is 4.23. The van der Waals surface area contributed by atoms with Crippen molar-refractivity contribution >= 4 is 16.7 Å². The summed E-state index contributed by atoms with van der Waals surface area (Å²) in [5, 5.41) is 0.978. The van der Waals surface area contributed by atoms with Crippen LogP contribution in [0.1, 0.15) is 50.3 Å². The van der Waals surface area contributed by atoms with Crippen LogP contribution < -0.4 is 5.73 Å². The third kappa shape index (κ3) is 4.29. The number of benzene rings is 2. The van der Waals surface area contributed by atoms with E-state index >= 15 is 0 Å². The molecule has 0 radical (unpaired) electrons. The number of fused-ring (bicyclic) bond motifs is 1. The zero-order valence-electron chi connectivity index (χ0n) is 17.8. The van der Waals surface area contributed by atoms with E-state index in [9.17, 15) is 8.78 Å². The molecule has 0 aliphatic carbocycles. The third-order valence-corrected chi connectivity index (χ3v) is 5.71. The Bertz CT molecular complexity index is 1180. The summed E-state index contributed by atoms with van der Waals surface area (Å²) < 4.78 is 29.7. The summed E-state index contributed by atoms with van der Waals surface area (Å²) in [6.07, 6.45) is 4.68. The third-order valence-electron chi connectivity index (χ3n) is 5.71. The Labute approximate surface area is 180 Å². The molecule has 0 saturated heterocycles. The molecule has 1 atom stereocenters.